The third-order valence-electron chi connectivity index (χ3n) is 1.95. The third kappa shape index (κ3) is 1.33. The Kier molecular flexibility index (Phi) is 1.82. The van der Waals surface area contributed by atoms with E-state index < -0.39 is 0 Å². The molecule has 1 aliphatic heterocycles. The lowest BCUT2D eigenvalue weighted by atomic mass is 10.2. The minimum absolute atomic E-state index is 0.0289. The first-order valence-corrected chi connectivity index (χ1v) is 3.97. The van der Waals surface area contributed by atoms with E-state index in [9.17, 15) is 5.11 Å². The number of nitrogens with one attached hydrogen (secondary N) is 1. The molecular formula is C7H11N3O2. The van der Waals surface area contributed by atoms with E-state index in [0.29, 0.717) is 24.7 Å². The van der Waals surface area contributed by atoms with Gasteiger partial charge in [-0.05, 0) is 13.3 Å². The summed E-state index contributed by atoms with van der Waals surface area (Å²) in [6.45, 7) is 2.38. The molecule has 1 fully saturated rings. The summed E-state index contributed by atoms with van der Waals surface area (Å²) in [7, 11) is 0. The number of aliphatic hydroxyl groups is 1. The Hall–Kier alpha value is -0.940. The minimum Gasteiger partial charge on any atom is -0.392 e. The van der Waals surface area contributed by atoms with Crippen molar-refractivity contribution in [3.8, 4) is 0 Å². The Morgan fingerprint density at radius 3 is 3.00 bits per heavy atom. The van der Waals surface area contributed by atoms with Crippen molar-refractivity contribution in [2.45, 2.75) is 25.5 Å². The highest BCUT2D eigenvalue weighted by Gasteiger charge is 2.27. The SMILES string of the molecule is Cc1noc([C@@H]2CC(O)CN2)n1. The highest BCUT2D eigenvalue weighted by Crippen LogP contribution is 2.21. The Morgan fingerprint density at radius 2 is 2.50 bits per heavy atom. The fourth-order valence-corrected chi connectivity index (χ4v) is 1.36. The van der Waals surface area contributed by atoms with Crippen molar-refractivity contribution in [2.75, 3.05) is 6.54 Å². The monoisotopic (exact) mass is 169 g/mol. The van der Waals surface area contributed by atoms with Crippen LogP contribution in [0.5, 0.6) is 0 Å². The van der Waals surface area contributed by atoms with Crippen molar-refractivity contribution in [1.82, 2.24) is 15.5 Å². The smallest absolute Gasteiger partial charge is 0.243 e. The van der Waals surface area contributed by atoms with Gasteiger partial charge in [-0.1, -0.05) is 5.16 Å². The highest BCUT2D eigenvalue weighted by atomic mass is 16.5. The lowest BCUT2D eigenvalue weighted by Gasteiger charge is -2.01. The number of hydrogen-bond acceptors (Lipinski definition) is 5. The van der Waals surface area contributed by atoms with Gasteiger partial charge in [0.15, 0.2) is 5.82 Å². The molecule has 0 aromatic carbocycles. The van der Waals surface area contributed by atoms with E-state index in [2.05, 4.69) is 15.5 Å². The number of aliphatic hydroxyl groups excluding tert-OH is 1. The van der Waals surface area contributed by atoms with Crippen molar-refractivity contribution in [2.24, 2.45) is 0 Å². The molecule has 2 atom stereocenters. The van der Waals surface area contributed by atoms with E-state index in [1.165, 1.54) is 0 Å². The second-order valence-electron chi connectivity index (χ2n) is 3.03. The van der Waals surface area contributed by atoms with Gasteiger partial charge in [-0.3, -0.25) is 0 Å². The molecule has 0 amide bonds. The summed E-state index contributed by atoms with van der Waals surface area (Å²) in [4.78, 5) is 4.08. The van der Waals surface area contributed by atoms with Crippen LogP contribution in [0, 0.1) is 6.92 Å². The van der Waals surface area contributed by atoms with Gasteiger partial charge in [-0.25, -0.2) is 0 Å². The molecule has 1 aromatic heterocycles. The van der Waals surface area contributed by atoms with Crippen molar-refractivity contribution in [3.63, 3.8) is 0 Å². The van der Waals surface area contributed by atoms with Crippen LogP contribution in [0.4, 0.5) is 0 Å². The van der Waals surface area contributed by atoms with Gasteiger partial charge in [0.2, 0.25) is 5.89 Å². The van der Waals surface area contributed by atoms with Gasteiger partial charge in [0.25, 0.3) is 0 Å². The summed E-state index contributed by atoms with van der Waals surface area (Å²) in [6, 6.07) is 0.0289. The molecule has 0 aliphatic carbocycles. The normalized spacial score (nSPS) is 29.5. The van der Waals surface area contributed by atoms with E-state index in [-0.39, 0.29) is 12.1 Å². The van der Waals surface area contributed by atoms with Crippen molar-refractivity contribution in [1.29, 1.82) is 0 Å². The van der Waals surface area contributed by atoms with Crippen LogP contribution in [0.25, 0.3) is 0 Å². The lowest BCUT2D eigenvalue weighted by molar-refractivity contribution is 0.191. The van der Waals surface area contributed by atoms with Gasteiger partial charge in [-0.2, -0.15) is 4.98 Å². The number of hydrogen-bond donors (Lipinski definition) is 2. The van der Waals surface area contributed by atoms with Crippen LogP contribution < -0.4 is 5.32 Å². The highest BCUT2D eigenvalue weighted by molar-refractivity contribution is 4.96. The third-order valence-corrected chi connectivity index (χ3v) is 1.95. The molecule has 1 aromatic rings. The van der Waals surface area contributed by atoms with Crippen LogP contribution in [0.15, 0.2) is 4.52 Å². The Balaban J connectivity index is 2.11. The zero-order valence-corrected chi connectivity index (χ0v) is 6.82. The van der Waals surface area contributed by atoms with E-state index in [4.69, 9.17) is 4.52 Å². The van der Waals surface area contributed by atoms with Crippen LogP contribution in [0.2, 0.25) is 0 Å². The molecule has 5 nitrogen and oxygen atoms in total. The predicted octanol–water partition coefficient (Wildman–Crippen LogP) is -0.227. The molecule has 12 heavy (non-hydrogen) atoms. The molecular weight excluding hydrogens is 158 g/mol. The summed E-state index contributed by atoms with van der Waals surface area (Å²) < 4.78 is 4.96. The first-order chi connectivity index (χ1) is 5.75. The second-order valence-corrected chi connectivity index (χ2v) is 3.03. The van der Waals surface area contributed by atoms with Crippen LogP contribution in [0.1, 0.15) is 24.2 Å². The summed E-state index contributed by atoms with van der Waals surface area (Å²) in [6.07, 6.45) is 0.365. The first kappa shape index (κ1) is 7.70. The molecule has 2 N–H and O–H groups in total. The van der Waals surface area contributed by atoms with E-state index in [1.807, 2.05) is 0 Å². The molecule has 2 rings (SSSR count). The summed E-state index contributed by atoms with van der Waals surface area (Å²) in [5.74, 6) is 1.21. The van der Waals surface area contributed by atoms with Crippen LogP contribution in [-0.4, -0.2) is 27.9 Å². The summed E-state index contributed by atoms with van der Waals surface area (Å²) in [5, 5.41) is 16.0. The van der Waals surface area contributed by atoms with Crippen molar-refractivity contribution < 1.29 is 9.63 Å². The number of nitrogens with zero attached hydrogens (tertiary/aromatic N) is 2. The predicted molar refractivity (Wildman–Crippen MR) is 40.4 cm³/mol. The molecule has 1 aliphatic rings. The maximum Gasteiger partial charge on any atom is 0.243 e. The second kappa shape index (κ2) is 2.84. The van der Waals surface area contributed by atoms with Crippen molar-refractivity contribution >= 4 is 0 Å². The Morgan fingerprint density at radius 1 is 1.67 bits per heavy atom. The quantitative estimate of drug-likeness (QED) is 0.607. The van der Waals surface area contributed by atoms with E-state index in [0.717, 1.165) is 0 Å². The maximum atomic E-state index is 9.22. The fraction of sp³-hybridized carbons (Fsp3) is 0.714. The van der Waals surface area contributed by atoms with Crippen LogP contribution >= 0.6 is 0 Å². The molecule has 1 saturated heterocycles. The largest absolute Gasteiger partial charge is 0.392 e. The maximum absolute atomic E-state index is 9.22. The van der Waals surface area contributed by atoms with Gasteiger partial charge in [0.05, 0.1) is 12.1 Å². The molecule has 0 bridgehead atoms. The van der Waals surface area contributed by atoms with Gasteiger partial charge in [0.1, 0.15) is 0 Å². The van der Waals surface area contributed by atoms with Gasteiger partial charge >= 0.3 is 0 Å². The molecule has 0 saturated carbocycles. The molecule has 66 valence electrons. The molecule has 0 radical (unpaired) electrons. The number of rotatable bonds is 1. The van der Waals surface area contributed by atoms with E-state index in [1.54, 1.807) is 6.92 Å². The zero-order valence-electron chi connectivity index (χ0n) is 6.82. The Labute approximate surface area is 69.8 Å². The summed E-state index contributed by atoms with van der Waals surface area (Å²) >= 11 is 0. The molecule has 0 spiro atoms. The van der Waals surface area contributed by atoms with E-state index >= 15 is 0 Å². The number of aromatic nitrogens is 2. The first-order valence-electron chi connectivity index (χ1n) is 3.97. The number of β-amino-alcohol motifs (C(OH)–C–C–N with tert-alkyl or cyclic N) is 1. The van der Waals surface area contributed by atoms with Gasteiger partial charge < -0.3 is 14.9 Å². The van der Waals surface area contributed by atoms with Crippen molar-refractivity contribution in [3.05, 3.63) is 11.7 Å². The summed E-state index contributed by atoms with van der Waals surface area (Å²) in [5.41, 5.74) is 0. The Bertz CT molecular complexity index is 273. The topological polar surface area (TPSA) is 71.2 Å². The van der Waals surface area contributed by atoms with Gasteiger partial charge in [0, 0.05) is 6.54 Å². The molecule has 1 unspecified atom stereocenters. The molecule has 2 heterocycles. The molecule has 5 heteroatoms. The van der Waals surface area contributed by atoms with Crippen LogP contribution in [-0.2, 0) is 0 Å². The standard InChI is InChI=1S/C7H11N3O2/c1-4-9-7(12-10-4)6-2-5(11)3-8-6/h5-6,8,11H,2-3H2,1H3/t5?,6-/m0/s1. The average Bonchev–Trinajstić information content (AvgIpc) is 2.58. The fourth-order valence-electron chi connectivity index (χ4n) is 1.36. The minimum atomic E-state index is -0.290. The number of aryl methyl sites for hydroxylation is 1. The zero-order chi connectivity index (χ0) is 8.55. The average molecular weight is 169 g/mol. The van der Waals surface area contributed by atoms with Gasteiger partial charge in [-0.15, -0.1) is 0 Å². The van der Waals surface area contributed by atoms with Crippen LogP contribution in [0.3, 0.4) is 0 Å². The lowest BCUT2D eigenvalue weighted by Crippen LogP contribution is -2.15.